The van der Waals surface area contributed by atoms with Crippen molar-refractivity contribution in [3.05, 3.63) is 24.3 Å². The molecule has 0 saturated heterocycles. The maximum absolute atomic E-state index is 5.51. The van der Waals surface area contributed by atoms with Crippen molar-refractivity contribution in [2.75, 3.05) is 20.0 Å². The van der Waals surface area contributed by atoms with Gasteiger partial charge in [0.1, 0.15) is 5.75 Å². The van der Waals surface area contributed by atoms with Gasteiger partial charge < -0.3 is 19.3 Å². The number of hydrogen-bond donors (Lipinski definition) is 1. The van der Waals surface area contributed by atoms with Crippen LogP contribution in [0.4, 0.5) is 5.69 Å². The fourth-order valence-electron chi connectivity index (χ4n) is 0.764. The summed E-state index contributed by atoms with van der Waals surface area (Å²) in [6.07, 6.45) is 0. The SMILES string of the molecule is COP(OC)Oc1ccc(N)cc1. The smallest absolute Gasteiger partial charge is 0.396 e. The van der Waals surface area contributed by atoms with Crippen LogP contribution in [-0.4, -0.2) is 14.2 Å². The van der Waals surface area contributed by atoms with E-state index in [1.54, 1.807) is 24.3 Å². The second-order valence-electron chi connectivity index (χ2n) is 2.25. The molecular weight excluding hydrogens is 189 g/mol. The molecule has 4 nitrogen and oxygen atoms in total. The van der Waals surface area contributed by atoms with Crippen LogP contribution in [0.5, 0.6) is 5.75 Å². The molecule has 0 aliphatic carbocycles. The molecule has 0 bridgehead atoms. The van der Waals surface area contributed by atoms with Crippen molar-refractivity contribution in [3.63, 3.8) is 0 Å². The summed E-state index contributed by atoms with van der Waals surface area (Å²) in [5.41, 5.74) is 6.21. The summed E-state index contributed by atoms with van der Waals surface area (Å²) in [4.78, 5) is 0. The Morgan fingerprint density at radius 1 is 1.08 bits per heavy atom. The van der Waals surface area contributed by atoms with Crippen LogP contribution < -0.4 is 10.3 Å². The minimum atomic E-state index is -1.28. The van der Waals surface area contributed by atoms with Crippen molar-refractivity contribution < 1.29 is 13.6 Å². The number of nitrogens with two attached hydrogens (primary N) is 1. The molecule has 0 radical (unpaired) electrons. The predicted octanol–water partition coefficient (Wildman–Crippen LogP) is 2.17. The number of hydrogen-bond acceptors (Lipinski definition) is 4. The van der Waals surface area contributed by atoms with Crippen LogP contribution in [0, 0.1) is 0 Å². The summed E-state index contributed by atoms with van der Waals surface area (Å²) >= 11 is 0. The third kappa shape index (κ3) is 3.19. The first-order valence-corrected chi connectivity index (χ1v) is 4.77. The first-order chi connectivity index (χ1) is 6.26. The highest BCUT2D eigenvalue weighted by atomic mass is 31.2. The average Bonchev–Trinajstić information content (AvgIpc) is 2.17. The Kier molecular flexibility index (Phi) is 3.96. The van der Waals surface area contributed by atoms with Crippen molar-refractivity contribution >= 4 is 14.3 Å². The highest BCUT2D eigenvalue weighted by Crippen LogP contribution is 2.38. The van der Waals surface area contributed by atoms with Gasteiger partial charge in [0.15, 0.2) is 0 Å². The molecule has 0 aliphatic rings. The van der Waals surface area contributed by atoms with E-state index < -0.39 is 8.60 Å². The zero-order valence-corrected chi connectivity index (χ0v) is 8.45. The van der Waals surface area contributed by atoms with Gasteiger partial charge in [-0.15, -0.1) is 0 Å². The molecule has 0 atom stereocenters. The fourth-order valence-corrected chi connectivity index (χ4v) is 1.36. The summed E-state index contributed by atoms with van der Waals surface area (Å²) in [5.74, 6) is 0.684. The molecule has 1 aromatic carbocycles. The Balaban J connectivity index is 2.58. The Morgan fingerprint density at radius 3 is 2.08 bits per heavy atom. The third-order valence-electron chi connectivity index (χ3n) is 1.36. The van der Waals surface area contributed by atoms with Crippen molar-refractivity contribution in [1.29, 1.82) is 0 Å². The summed E-state index contributed by atoms with van der Waals surface area (Å²) in [5, 5.41) is 0. The standard InChI is InChI=1S/C8H12NO3P/c1-10-13(11-2)12-8-5-3-7(9)4-6-8/h3-6H,9H2,1-2H3. The summed E-state index contributed by atoms with van der Waals surface area (Å²) < 4.78 is 15.2. The van der Waals surface area contributed by atoms with Gasteiger partial charge in [-0.2, -0.15) is 0 Å². The number of anilines is 1. The lowest BCUT2D eigenvalue weighted by Crippen LogP contribution is -1.91. The van der Waals surface area contributed by atoms with E-state index in [-0.39, 0.29) is 0 Å². The lowest BCUT2D eigenvalue weighted by molar-refractivity contribution is 0.277. The van der Waals surface area contributed by atoms with Crippen LogP contribution in [0.1, 0.15) is 0 Å². The Bertz CT molecular complexity index is 248. The van der Waals surface area contributed by atoms with E-state index in [0.29, 0.717) is 11.4 Å². The Hall–Kier alpha value is -0.830. The summed E-state index contributed by atoms with van der Waals surface area (Å²) in [6.45, 7) is 0. The highest BCUT2D eigenvalue weighted by molar-refractivity contribution is 7.42. The zero-order chi connectivity index (χ0) is 9.68. The van der Waals surface area contributed by atoms with E-state index >= 15 is 0 Å². The van der Waals surface area contributed by atoms with E-state index in [0.717, 1.165) is 0 Å². The quantitative estimate of drug-likeness (QED) is 0.599. The number of benzene rings is 1. The summed E-state index contributed by atoms with van der Waals surface area (Å²) in [7, 11) is 1.79. The molecule has 5 heteroatoms. The van der Waals surface area contributed by atoms with Gasteiger partial charge >= 0.3 is 8.60 Å². The largest absolute Gasteiger partial charge is 0.427 e. The van der Waals surface area contributed by atoms with E-state index in [2.05, 4.69) is 0 Å². The second-order valence-corrected chi connectivity index (χ2v) is 3.61. The molecule has 0 amide bonds. The van der Waals surface area contributed by atoms with Crippen LogP contribution in [0.2, 0.25) is 0 Å². The van der Waals surface area contributed by atoms with Crippen LogP contribution in [0.25, 0.3) is 0 Å². The topological polar surface area (TPSA) is 53.7 Å². The van der Waals surface area contributed by atoms with Crippen LogP contribution in [0.15, 0.2) is 24.3 Å². The predicted molar refractivity (Wildman–Crippen MR) is 52.4 cm³/mol. The minimum Gasteiger partial charge on any atom is -0.427 e. The number of rotatable bonds is 4. The van der Waals surface area contributed by atoms with Crippen LogP contribution >= 0.6 is 8.60 Å². The molecule has 0 aromatic heterocycles. The van der Waals surface area contributed by atoms with Gasteiger partial charge in [-0.05, 0) is 24.3 Å². The molecule has 13 heavy (non-hydrogen) atoms. The van der Waals surface area contributed by atoms with Crippen LogP contribution in [-0.2, 0) is 9.05 Å². The first-order valence-electron chi connectivity index (χ1n) is 3.68. The van der Waals surface area contributed by atoms with Gasteiger partial charge in [0.05, 0.1) is 0 Å². The molecular formula is C8H12NO3P. The molecule has 0 aliphatic heterocycles. The fraction of sp³-hybridized carbons (Fsp3) is 0.250. The molecule has 0 saturated carbocycles. The van der Waals surface area contributed by atoms with E-state index in [9.17, 15) is 0 Å². The maximum Gasteiger partial charge on any atom is 0.396 e. The maximum atomic E-state index is 5.51. The molecule has 2 N–H and O–H groups in total. The van der Waals surface area contributed by atoms with E-state index in [1.165, 1.54) is 14.2 Å². The molecule has 1 aromatic rings. The molecule has 0 spiro atoms. The van der Waals surface area contributed by atoms with Crippen molar-refractivity contribution in [2.24, 2.45) is 0 Å². The first kappa shape index (κ1) is 10.3. The van der Waals surface area contributed by atoms with Gasteiger partial charge in [-0.25, -0.2) is 0 Å². The zero-order valence-electron chi connectivity index (χ0n) is 7.56. The van der Waals surface area contributed by atoms with Crippen LogP contribution in [0.3, 0.4) is 0 Å². The lowest BCUT2D eigenvalue weighted by Gasteiger charge is -2.12. The van der Waals surface area contributed by atoms with Gasteiger partial charge in [0, 0.05) is 19.9 Å². The average molecular weight is 201 g/mol. The molecule has 1 rings (SSSR count). The Labute approximate surface area is 78.6 Å². The molecule has 72 valence electrons. The van der Waals surface area contributed by atoms with E-state index in [4.69, 9.17) is 19.3 Å². The third-order valence-corrected chi connectivity index (χ3v) is 2.31. The monoisotopic (exact) mass is 201 g/mol. The second kappa shape index (κ2) is 5.02. The highest BCUT2D eigenvalue weighted by Gasteiger charge is 2.08. The van der Waals surface area contributed by atoms with Gasteiger partial charge in [-0.3, -0.25) is 0 Å². The van der Waals surface area contributed by atoms with Crippen molar-refractivity contribution in [2.45, 2.75) is 0 Å². The van der Waals surface area contributed by atoms with E-state index in [1.807, 2.05) is 0 Å². The molecule has 0 unspecified atom stereocenters. The van der Waals surface area contributed by atoms with Gasteiger partial charge in [0.25, 0.3) is 0 Å². The van der Waals surface area contributed by atoms with Crippen molar-refractivity contribution in [1.82, 2.24) is 0 Å². The summed E-state index contributed by atoms with van der Waals surface area (Å²) in [6, 6.07) is 7.05. The van der Waals surface area contributed by atoms with Gasteiger partial charge in [-0.1, -0.05) is 0 Å². The lowest BCUT2D eigenvalue weighted by atomic mass is 10.3. The number of nitrogen functional groups attached to an aromatic ring is 1. The molecule has 0 fully saturated rings. The molecule has 0 heterocycles. The normalized spacial score (nSPS) is 10.4. The Morgan fingerprint density at radius 2 is 1.62 bits per heavy atom. The van der Waals surface area contributed by atoms with Crippen molar-refractivity contribution in [3.8, 4) is 5.75 Å². The minimum absolute atomic E-state index is 0.684. The van der Waals surface area contributed by atoms with Gasteiger partial charge in [0.2, 0.25) is 0 Å².